The lowest BCUT2D eigenvalue weighted by molar-refractivity contribution is 0.532. The van der Waals surface area contributed by atoms with Crippen LogP contribution in [0.4, 0.5) is 0 Å². The van der Waals surface area contributed by atoms with Crippen LogP contribution in [0.25, 0.3) is 16.8 Å². The van der Waals surface area contributed by atoms with Crippen LogP contribution in [0.2, 0.25) is 0 Å². The van der Waals surface area contributed by atoms with Gasteiger partial charge in [0, 0.05) is 30.6 Å². The zero-order valence-corrected chi connectivity index (χ0v) is 10.3. The molecule has 3 aromatic rings. The molecule has 0 aliphatic heterocycles. The Balaban J connectivity index is 2.20. The van der Waals surface area contributed by atoms with Crippen LogP contribution in [0.3, 0.4) is 0 Å². The van der Waals surface area contributed by atoms with Crippen molar-refractivity contribution < 1.29 is 8.76 Å². The summed E-state index contributed by atoms with van der Waals surface area (Å²) in [5, 5.41) is 4.24. The maximum Gasteiger partial charge on any atom is 0.137 e. The molecule has 0 saturated heterocycles. The Kier molecular flexibility index (Phi) is 2.49. The van der Waals surface area contributed by atoms with E-state index in [2.05, 4.69) is 10.1 Å². The molecule has 0 spiro atoms. The zero-order chi connectivity index (χ0) is 12.7. The van der Waals surface area contributed by atoms with Crippen molar-refractivity contribution in [3.8, 4) is 11.1 Å². The van der Waals surface area contributed by atoms with Crippen LogP contribution < -0.4 is 0 Å². The number of nitrogens with zero attached hydrogens (tertiary/aromatic N) is 4. The van der Waals surface area contributed by atoms with Gasteiger partial charge in [0.1, 0.15) is 10.7 Å². The molecule has 0 aliphatic carbocycles. The molecular formula is C11H9N4O2S-. The highest BCUT2D eigenvalue weighted by Crippen LogP contribution is 2.20. The summed E-state index contributed by atoms with van der Waals surface area (Å²) in [4.78, 5) is 4.03. The summed E-state index contributed by atoms with van der Waals surface area (Å²) in [6, 6.07) is 3.66. The van der Waals surface area contributed by atoms with Crippen LogP contribution in [0.1, 0.15) is 0 Å². The van der Waals surface area contributed by atoms with Crippen molar-refractivity contribution in [3.63, 3.8) is 0 Å². The summed E-state index contributed by atoms with van der Waals surface area (Å²) in [6.45, 7) is 0. The lowest BCUT2D eigenvalue weighted by atomic mass is 10.2. The Morgan fingerprint density at radius 3 is 2.72 bits per heavy atom. The molecule has 0 fully saturated rings. The number of rotatable bonds is 2. The highest BCUT2D eigenvalue weighted by atomic mass is 32.2. The molecule has 3 rings (SSSR count). The summed E-state index contributed by atoms with van der Waals surface area (Å²) in [6.07, 6.45) is 6.67. The number of pyridine rings is 1. The minimum absolute atomic E-state index is 0.149. The molecule has 0 bridgehead atoms. The Morgan fingerprint density at radius 2 is 2.06 bits per heavy atom. The van der Waals surface area contributed by atoms with Gasteiger partial charge in [0.2, 0.25) is 0 Å². The van der Waals surface area contributed by atoms with E-state index in [1.54, 1.807) is 27.5 Å². The van der Waals surface area contributed by atoms with Crippen molar-refractivity contribution in [2.75, 3.05) is 0 Å². The van der Waals surface area contributed by atoms with E-state index in [0.29, 0.717) is 5.65 Å². The first kappa shape index (κ1) is 11.1. The van der Waals surface area contributed by atoms with Gasteiger partial charge in [-0.05, 0) is 23.2 Å². The van der Waals surface area contributed by atoms with Crippen LogP contribution >= 0.6 is 0 Å². The van der Waals surface area contributed by atoms with Crippen LogP contribution in [-0.2, 0) is 18.1 Å². The van der Waals surface area contributed by atoms with Crippen molar-refractivity contribution in [1.29, 1.82) is 0 Å². The van der Waals surface area contributed by atoms with Gasteiger partial charge < -0.3 is 4.55 Å². The highest BCUT2D eigenvalue weighted by Gasteiger charge is 2.06. The molecule has 6 nitrogen and oxygen atoms in total. The summed E-state index contributed by atoms with van der Waals surface area (Å²) < 4.78 is 25.3. The van der Waals surface area contributed by atoms with Gasteiger partial charge in [0.15, 0.2) is 0 Å². The van der Waals surface area contributed by atoms with E-state index in [9.17, 15) is 8.76 Å². The smallest absolute Gasteiger partial charge is 0.137 e. The van der Waals surface area contributed by atoms with Crippen molar-refractivity contribution >= 4 is 16.7 Å². The molecule has 18 heavy (non-hydrogen) atoms. The van der Waals surface area contributed by atoms with Crippen molar-refractivity contribution in [3.05, 3.63) is 36.9 Å². The molecular weight excluding hydrogens is 252 g/mol. The third kappa shape index (κ3) is 1.73. The molecule has 3 heterocycles. The molecule has 1 atom stereocenters. The average Bonchev–Trinajstić information content (AvgIpc) is 2.93. The van der Waals surface area contributed by atoms with Crippen molar-refractivity contribution in [2.45, 2.75) is 5.03 Å². The predicted octanol–water partition coefficient (Wildman–Crippen LogP) is 0.973. The van der Waals surface area contributed by atoms with Crippen LogP contribution in [0.5, 0.6) is 0 Å². The van der Waals surface area contributed by atoms with Crippen LogP contribution in [0.15, 0.2) is 41.9 Å². The third-order valence-electron chi connectivity index (χ3n) is 2.68. The van der Waals surface area contributed by atoms with E-state index in [1.165, 1.54) is 6.20 Å². The molecule has 0 aliphatic rings. The zero-order valence-electron chi connectivity index (χ0n) is 9.48. The normalized spacial score (nSPS) is 13.0. The van der Waals surface area contributed by atoms with Gasteiger partial charge in [-0.3, -0.25) is 13.3 Å². The van der Waals surface area contributed by atoms with Gasteiger partial charge in [-0.2, -0.15) is 5.10 Å². The number of imidazole rings is 1. The van der Waals surface area contributed by atoms with Gasteiger partial charge >= 0.3 is 0 Å². The molecule has 0 radical (unpaired) electrons. The van der Waals surface area contributed by atoms with Gasteiger partial charge in [0.25, 0.3) is 0 Å². The molecule has 0 saturated carbocycles. The lowest BCUT2D eigenvalue weighted by Gasteiger charge is -2.05. The first-order valence-corrected chi connectivity index (χ1v) is 6.28. The van der Waals surface area contributed by atoms with Crippen molar-refractivity contribution in [1.82, 2.24) is 19.2 Å². The van der Waals surface area contributed by atoms with E-state index in [0.717, 1.165) is 11.1 Å². The first-order chi connectivity index (χ1) is 8.65. The SMILES string of the molecule is Cn1cc(-c2ccc3ncc(S(=O)[O-])n3c2)cn1. The minimum Gasteiger partial charge on any atom is -0.767 e. The Hall–Kier alpha value is -1.99. The predicted molar refractivity (Wildman–Crippen MR) is 64.6 cm³/mol. The fourth-order valence-electron chi connectivity index (χ4n) is 1.82. The fourth-order valence-corrected chi connectivity index (χ4v) is 2.27. The second-order valence-electron chi connectivity index (χ2n) is 3.88. The van der Waals surface area contributed by atoms with Gasteiger partial charge in [-0.25, -0.2) is 4.98 Å². The Morgan fingerprint density at radius 1 is 1.22 bits per heavy atom. The van der Waals surface area contributed by atoms with Crippen molar-refractivity contribution in [2.24, 2.45) is 7.05 Å². The van der Waals surface area contributed by atoms with E-state index in [4.69, 9.17) is 0 Å². The lowest BCUT2D eigenvalue weighted by Crippen LogP contribution is -1.95. The molecule has 0 aromatic carbocycles. The second-order valence-corrected chi connectivity index (χ2v) is 4.77. The highest BCUT2D eigenvalue weighted by molar-refractivity contribution is 7.79. The average molecular weight is 261 g/mol. The van der Waals surface area contributed by atoms with E-state index < -0.39 is 11.1 Å². The topological polar surface area (TPSA) is 75.2 Å². The summed E-state index contributed by atoms with van der Waals surface area (Å²) in [5.41, 5.74) is 2.41. The molecule has 0 amide bonds. The largest absolute Gasteiger partial charge is 0.767 e. The van der Waals surface area contributed by atoms with E-state index in [-0.39, 0.29) is 5.03 Å². The molecule has 0 N–H and O–H groups in total. The number of aromatic nitrogens is 4. The minimum atomic E-state index is -2.30. The van der Waals surface area contributed by atoms with E-state index in [1.807, 2.05) is 19.3 Å². The maximum absolute atomic E-state index is 11.1. The van der Waals surface area contributed by atoms with Crippen LogP contribution in [0, 0.1) is 0 Å². The summed E-state index contributed by atoms with van der Waals surface area (Å²) >= 11 is -2.30. The van der Waals surface area contributed by atoms with Gasteiger partial charge in [0.05, 0.1) is 12.4 Å². The second kappa shape index (κ2) is 4.04. The summed E-state index contributed by atoms with van der Waals surface area (Å²) in [5.74, 6) is 0. The first-order valence-electron chi connectivity index (χ1n) is 5.20. The number of aryl methyl sites for hydroxylation is 1. The summed E-state index contributed by atoms with van der Waals surface area (Å²) in [7, 11) is 1.83. The monoisotopic (exact) mass is 261 g/mol. The molecule has 92 valence electrons. The fraction of sp³-hybridized carbons (Fsp3) is 0.0909. The van der Waals surface area contributed by atoms with Gasteiger partial charge in [-0.15, -0.1) is 0 Å². The molecule has 1 unspecified atom stereocenters. The number of hydrogen-bond acceptors (Lipinski definition) is 4. The molecule has 3 aromatic heterocycles. The third-order valence-corrected chi connectivity index (χ3v) is 3.32. The molecule has 7 heteroatoms. The Bertz CT molecular complexity index is 746. The standard InChI is InChI=1S/C11H10N4O2S/c1-14-6-9(4-13-14)8-2-3-10-12-5-11(18(16)17)15(10)7-8/h2-7H,1H3,(H,16,17)/p-1. The maximum atomic E-state index is 11.1. The number of fused-ring (bicyclic) bond motifs is 1. The van der Waals surface area contributed by atoms with Crippen LogP contribution in [-0.4, -0.2) is 27.9 Å². The number of hydrogen-bond donors (Lipinski definition) is 0. The quantitative estimate of drug-likeness (QED) is 0.644. The van der Waals surface area contributed by atoms with Gasteiger partial charge in [-0.1, -0.05) is 0 Å². The van der Waals surface area contributed by atoms with E-state index >= 15 is 0 Å². The Labute approximate surface area is 105 Å².